The van der Waals surface area contributed by atoms with Gasteiger partial charge in [-0.25, -0.2) is 0 Å². The van der Waals surface area contributed by atoms with E-state index in [9.17, 15) is 4.57 Å². The van der Waals surface area contributed by atoms with Gasteiger partial charge in [-0.05, 0) is 18.2 Å². The van der Waals surface area contributed by atoms with E-state index >= 15 is 0 Å². The first-order valence-electron chi connectivity index (χ1n) is 2.63. The molecule has 1 radical (unpaired) electrons. The standard InChI is InChI=1S/C6H6O3P/c7-10(8,9)6-4-2-1-3-5-6/h1-2,4-5H,(H2,7,8,9). The van der Waals surface area contributed by atoms with Crippen molar-refractivity contribution in [2.75, 3.05) is 0 Å². The van der Waals surface area contributed by atoms with E-state index in [0.717, 1.165) is 0 Å². The van der Waals surface area contributed by atoms with Gasteiger partial charge in [0, 0.05) is 0 Å². The first kappa shape index (κ1) is 7.48. The van der Waals surface area contributed by atoms with Gasteiger partial charge in [0.2, 0.25) is 0 Å². The van der Waals surface area contributed by atoms with Gasteiger partial charge in [-0.15, -0.1) is 0 Å². The summed E-state index contributed by atoms with van der Waals surface area (Å²) in [5.41, 5.74) is 0. The molecule has 0 bridgehead atoms. The van der Waals surface area contributed by atoms with Gasteiger partial charge >= 0.3 is 7.60 Å². The molecule has 0 unspecified atom stereocenters. The van der Waals surface area contributed by atoms with Crippen LogP contribution in [-0.4, -0.2) is 9.79 Å². The predicted octanol–water partition coefficient (Wildman–Crippen LogP) is 0.290. The number of hydrogen-bond donors (Lipinski definition) is 2. The lowest BCUT2D eigenvalue weighted by Gasteiger charge is -2.00. The fraction of sp³-hybridized carbons (Fsp3) is 0. The average molecular weight is 157 g/mol. The molecule has 0 aliphatic rings. The molecule has 0 spiro atoms. The number of hydrogen-bond acceptors (Lipinski definition) is 1. The fourth-order valence-electron chi connectivity index (χ4n) is 0.565. The molecular weight excluding hydrogens is 151 g/mol. The van der Waals surface area contributed by atoms with Crippen molar-refractivity contribution in [1.82, 2.24) is 0 Å². The van der Waals surface area contributed by atoms with Gasteiger partial charge in [-0.1, -0.05) is 12.1 Å². The Morgan fingerprint density at radius 2 is 2.20 bits per heavy atom. The maximum Gasteiger partial charge on any atom is 0.356 e. The van der Waals surface area contributed by atoms with E-state index in [1.807, 2.05) is 0 Å². The van der Waals surface area contributed by atoms with Crippen LogP contribution in [0.1, 0.15) is 0 Å². The fourth-order valence-corrected chi connectivity index (χ4v) is 1.09. The summed E-state index contributed by atoms with van der Waals surface area (Å²) in [6.07, 6.45) is 0. The van der Waals surface area contributed by atoms with Crippen LogP contribution in [0.3, 0.4) is 0 Å². The van der Waals surface area contributed by atoms with Crippen molar-refractivity contribution in [2.24, 2.45) is 0 Å². The zero-order chi connectivity index (χ0) is 7.61. The second-order valence-electron chi connectivity index (χ2n) is 1.81. The van der Waals surface area contributed by atoms with E-state index < -0.39 is 7.60 Å². The molecule has 3 nitrogen and oxygen atoms in total. The van der Waals surface area contributed by atoms with Gasteiger partial charge in [0.15, 0.2) is 0 Å². The van der Waals surface area contributed by atoms with Crippen molar-refractivity contribution < 1.29 is 14.4 Å². The summed E-state index contributed by atoms with van der Waals surface area (Å²) in [6.45, 7) is 0. The molecule has 0 saturated heterocycles. The zero-order valence-electron chi connectivity index (χ0n) is 5.06. The summed E-state index contributed by atoms with van der Waals surface area (Å²) in [4.78, 5) is 17.2. The highest BCUT2D eigenvalue weighted by Gasteiger charge is 2.14. The molecule has 0 atom stereocenters. The highest BCUT2D eigenvalue weighted by atomic mass is 31.2. The Hall–Kier alpha value is -0.630. The highest BCUT2D eigenvalue weighted by molar-refractivity contribution is 7.60. The van der Waals surface area contributed by atoms with E-state index in [4.69, 9.17) is 9.79 Å². The number of benzene rings is 1. The molecule has 0 aromatic heterocycles. The minimum absolute atomic E-state index is 0.00926. The molecule has 10 heavy (non-hydrogen) atoms. The van der Waals surface area contributed by atoms with E-state index in [1.54, 1.807) is 6.07 Å². The molecule has 53 valence electrons. The Morgan fingerprint density at radius 1 is 1.50 bits per heavy atom. The SMILES string of the molecule is O=P(O)(O)c1c[c]ccc1. The molecule has 0 amide bonds. The monoisotopic (exact) mass is 157 g/mol. The topological polar surface area (TPSA) is 57.5 Å². The number of rotatable bonds is 1. The highest BCUT2D eigenvalue weighted by Crippen LogP contribution is 2.32. The zero-order valence-corrected chi connectivity index (χ0v) is 5.95. The Labute approximate surface area is 58.5 Å². The average Bonchev–Trinajstić information content (AvgIpc) is 1.88. The van der Waals surface area contributed by atoms with Crippen LogP contribution in [-0.2, 0) is 4.57 Å². The van der Waals surface area contributed by atoms with Gasteiger partial charge in [0.25, 0.3) is 0 Å². The largest absolute Gasteiger partial charge is 0.356 e. The summed E-state index contributed by atoms with van der Waals surface area (Å²) in [5, 5.41) is 0.00926. The molecule has 4 heteroatoms. The van der Waals surface area contributed by atoms with Crippen molar-refractivity contribution in [1.29, 1.82) is 0 Å². The van der Waals surface area contributed by atoms with Crippen LogP contribution in [0, 0.1) is 6.07 Å². The quantitative estimate of drug-likeness (QED) is 0.576. The summed E-state index contributed by atoms with van der Waals surface area (Å²) < 4.78 is 10.5. The molecule has 0 aliphatic carbocycles. The maximum absolute atomic E-state index is 10.5. The van der Waals surface area contributed by atoms with E-state index in [-0.39, 0.29) is 5.30 Å². The van der Waals surface area contributed by atoms with Crippen LogP contribution in [0.25, 0.3) is 0 Å². The minimum atomic E-state index is -4.05. The lowest BCUT2D eigenvalue weighted by molar-refractivity contribution is 0.387. The molecule has 1 aromatic rings. The first-order chi connectivity index (χ1) is 4.61. The third-order valence-electron chi connectivity index (χ3n) is 1.03. The van der Waals surface area contributed by atoms with Gasteiger partial charge < -0.3 is 9.79 Å². The molecule has 0 heterocycles. The first-order valence-corrected chi connectivity index (χ1v) is 4.24. The third kappa shape index (κ3) is 1.67. The molecule has 0 aliphatic heterocycles. The van der Waals surface area contributed by atoms with Crippen LogP contribution in [0.2, 0.25) is 0 Å². The molecule has 1 aromatic carbocycles. The van der Waals surface area contributed by atoms with Crippen molar-refractivity contribution in [2.45, 2.75) is 0 Å². The third-order valence-corrected chi connectivity index (χ3v) is 1.98. The summed E-state index contributed by atoms with van der Waals surface area (Å²) in [7, 11) is -4.05. The Balaban J connectivity index is 3.09. The Kier molecular flexibility index (Phi) is 1.90. The van der Waals surface area contributed by atoms with Crippen molar-refractivity contribution in [3.05, 3.63) is 30.3 Å². The normalized spacial score (nSPS) is 11.4. The van der Waals surface area contributed by atoms with Crippen LogP contribution in [0.15, 0.2) is 24.3 Å². The Bertz CT molecular complexity index is 251. The molecule has 2 N–H and O–H groups in total. The van der Waals surface area contributed by atoms with E-state index in [0.29, 0.717) is 0 Å². The van der Waals surface area contributed by atoms with Crippen LogP contribution in [0.4, 0.5) is 0 Å². The van der Waals surface area contributed by atoms with Crippen LogP contribution >= 0.6 is 7.60 Å². The van der Waals surface area contributed by atoms with E-state index in [1.165, 1.54) is 18.2 Å². The lowest BCUT2D eigenvalue weighted by Crippen LogP contribution is -2.01. The summed E-state index contributed by atoms with van der Waals surface area (Å²) in [6, 6.07) is 8.34. The summed E-state index contributed by atoms with van der Waals surface area (Å²) in [5.74, 6) is 0. The predicted molar refractivity (Wildman–Crippen MR) is 37.0 cm³/mol. The van der Waals surface area contributed by atoms with Gasteiger partial charge in [-0.2, -0.15) is 0 Å². The van der Waals surface area contributed by atoms with Crippen molar-refractivity contribution in [3.8, 4) is 0 Å². The maximum atomic E-state index is 10.5. The van der Waals surface area contributed by atoms with Crippen molar-refractivity contribution in [3.63, 3.8) is 0 Å². The smallest absolute Gasteiger partial charge is 0.321 e. The minimum Gasteiger partial charge on any atom is -0.321 e. The molecule has 0 fully saturated rings. The summed E-state index contributed by atoms with van der Waals surface area (Å²) >= 11 is 0. The van der Waals surface area contributed by atoms with Gasteiger partial charge in [0.1, 0.15) is 0 Å². The molecule has 0 saturated carbocycles. The Morgan fingerprint density at radius 3 is 2.50 bits per heavy atom. The van der Waals surface area contributed by atoms with Crippen LogP contribution in [0.5, 0.6) is 0 Å². The molecular formula is C6H6O3P. The van der Waals surface area contributed by atoms with Crippen molar-refractivity contribution >= 4 is 12.9 Å². The lowest BCUT2D eigenvalue weighted by atomic mass is 10.4. The van der Waals surface area contributed by atoms with Crippen LogP contribution < -0.4 is 5.30 Å². The van der Waals surface area contributed by atoms with E-state index in [2.05, 4.69) is 6.07 Å². The second-order valence-corrected chi connectivity index (χ2v) is 3.41. The second kappa shape index (κ2) is 2.54. The molecule has 1 rings (SSSR count). The van der Waals surface area contributed by atoms with Gasteiger partial charge in [0.05, 0.1) is 5.30 Å². The van der Waals surface area contributed by atoms with Gasteiger partial charge in [-0.3, -0.25) is 4.57 Å².